The molecule has 0 aliphatic carbocycles. The molecule has 0 radical (unpaired) electrons. The van der Waals surface area contributed by atoms with E-state index in [4.69, 9.17) is 0 Å². The quantitative estimate of drug-likeness (QED) is 0.507. The van der Waals surface area contributed by atoms with Crippen LogP contribution in [0.3, 0.4) is 0 Å². The van der Waals surface area contributed by atoms with Crippen molar-refractivity contribution in [3.63, 3.8) is 0 Å². The second-order valence-electron chi connectivity index (χ2n) is 3.91. The van der Waals surface area contributed by atoms with Gasteiger partial charge in [-0.1, -0.05) is 6.07 Å². The van der Waals surface area contributed by atoms with Crippen LogP contribution in [0.15, 0.2) is 53.8 Å². The van der Waals surface area contributed by atoms with E-state index in [0.717, 1.165) is 0 Å². The second-order valence-corrected chi connectivity index (χ2v) is 3.91. The van der Waals surface area contributed by atoms with Crippen molar-refractivity contribution in [1.29, 1.82) is 0 Å². The summed E-state index contributed by atoms with van der Waals surface area (Å²) in [5, 5.41) is 5.92. The number of rotatable bonds is 3. The molecule has 0 saturated carbocycles. The van der Waals surface area contributed by atoms with E-state index in [0.29, 0.717) is 11.4 Å². The first-order chi connectivity index (χ1) is 10.1. The molecule has 0 bridgehead atoms. The summed E-state index contributed by atoms with van der Waals surface area (Å²) in [7, 11) is 0. The Morgan fingerprint density at radius 3 is 2.52 bits per heavy atom. The van der Waals surface area contributed by atoms with Gasteiger partial charge in [-0.3, -0.25) is 14.6 Å². The summed E-state index contributed by atoms with van der Waals surface area (Å²) >= 11 is 0. The molecule has 0 spiro atoms. The molecular formula is C14H11FN4O2. The third-order valence-electron chi connectivity index (χ3n) is 2.36. The summed E-state index contributed by atoms with van der Waals surface area (Å²) < 4.78 is 12.7. The van der Waals surface area contributed by atoms with Crippen molar-refractivity contribution in [1.82, 2.24) is 10.4 Å². The van der Waals surface area contributed by atoms with Gasteiger partial charge in [0.2, 0.25) is 0 Å². The number of pyridine rings is 1. The van der Waals surface area contributed by atoms with Crippen LogP contribution in [0, 0.1) is 5.82 Å². The smallest absolute Gasteiger partial charge is 0.318 e. The molecule has 0 fully saturated rings. The van der Waals surface area contributed by atoms with Crippen LogP contribution in [-0.4, -0.2) is 23.0 Å². The molecule has 0 aliphatic heterocycles. The van der Waals surface area contributed by atoms with Gasteiger partial charge in [0.1, 0.15) is 5.82 Å². The Bertz CT molecular complexity index is 656. The zero-order valence-electron chi connectivity index (χ0n) is 10.8. The monoisotopic (exact) mass is 286 g/mol. The van der Waals surface area contributed by atoms with Crippen LogP contribution in [0.5, 0.6) is 0 Å². The molecule has 1 aromatic carbocycles. The Morgan fingerprint density at radius 1 is 1.10 bits per heavy atom. The zero-order chi connectivity index (χ0) is 15.1. The highest BCUT2D eigenvalue weighted by Gasteiger charge is 2.12. The fourth-order valence-electron chi connectivity index (χ4n) is 1.38. The highest BCUT2D eigenvalue weighted by Crippen LogP contribution is 2.07. The van der Waals surface area contributed by atoms with E-state index in [2.05, 4.69) is 20.8 Å². The van der Waals surface area contributed by atoms with Gasteiger partial charge in [0, 0.05) is 11.9 Å². The van der Waals surface area contributed by atoms with E-state index in [9.17, 15) is 14.0 Å². The highest BCUT2D eigenvalue weighted by atomic mass is 19.1. The fourth-order valence-corrected chi connectivity index (χ4v) is 1.38. The molecule has 6 nitrogen and oxygen atoms in total. The number of nitrogens with zero attached hydrogens (tertiary/aromatic N) is 2. The molecule has 21 heavy (non-hydrogen) atoms. The van der Waals surface area contributed by atoms with Crippen LogP contribution in [0.25, 0.3) is 0 Å². The molecular weight excluding hydrogens is 275 g/mol. The van der Waals surface area contributed by atoms with E-state index in [1.807, 2.05) is 0 Å². The number of benzene rings is 1. The Morgan fingerprint density at radius 2 is 1.86 bits per heavy atom. The van der Waals surface area contributed by atoms with Gasteiger partial charge >= 0.3 is 11.8 Å². The van der Waals surface area contributed by atoms with Gasteiger partial charge in [0.05, 0.1) is 11.9 Å². The van der Waals surface area contributed by atoms with E-state index < -0.39 is 17.6 Å². The van der Waals surface area contributed by atoms with E-state index in [1.54, 1.807) is 24.4 Å². The molecule has 106 valence electrons. The third-order valence-corrected chi connectivity index (χ3v) is 2.36. The standard InChI is InChI=1S/C14H11FN4O2/c15-10-4-6-11(7-5-10)18-13(20)14(21)19-17-9-12-3-1-2-8-16-12/h1-9H,(H,18,20)(H,19,21)/b17-9+. The summed E-state index contributed by atoms with van der Waals surface area (Å²) in [6, 6.07) is 10.2. The molecule has 0 unspecified atom stereocenters. The number of hydrogen-bond acceptors (Lipinski definition) is 4. The SMILES string of the molecule is O=C(N/N=C/c1ccccn1)C(=O)Nc1ccc(F)cc1. The predicted molar refractivity (Wildman–Crippen MR) is 75.0 cm³/mol. The minimum Gasteiger partial charge on any atom is -0.318 e. The lowest BCUT2D eigenvalue weighted by Crippen LogP contribution is -2.32. The molecule has 2 rings (SSSR count). The molecule has 1 heterocycles. The van der Waals surface area contributed by atoms with Gasteiger partial charge in [-0.15, -0.1) is 0 Å². The minimum atomic E-state index is -0.938. The van der Waals surface area contributed by atoms with Crippen molar-refractivity contribution >= 4 is 23.7 Å². The number of hydrazone groups is 1. The predicted octanol–water partition coefficient (Wildman–Crippen LogP) is 1.31. The van der Waals surface area contributed by atoms with Crippen molar-refractivity contribution in [3.8, 4) is 0 Å². The first-order valence-corrected chi connectivity index (χ1v) is 5.96. The summed E-state index contributed by atoms with van der Waals surface area (Å²) in [5.41, 5.74) is 2.92. The maximum Gasteiger partial charge on any atom is 0.329 e. The van der Waals surface area contributed by atoms with E-state index >= 15 is 0 Å². The maximum atomic E-state index is 12.7. The first-order valence-electron chi connectivity index (χ1n) is 5.96. The number of carbonyl (C=O) groups excluding carboxylic acids is 2. The minimum absolute atomic E-state index is 0.310. The lowest BCUT2D eigenvalue weighted by atomic mass is 10.3. The van der Waals surface area contributed by atoms with Gasteiger partial charge in [-0.25, -0.2) is 9.82 Å². The highest BCUT2D eigenvalue weighted by molar-refractivity contribution is 6.39. The van der Waals surface area contributed by atoms with Gasteiger partial charge in [-0.2, -0.15) is 5.10 Å². The van der Waals surface area contributed by atoms with Crippen LogP contribution in [0.4, 0.5) is 10.1 Å². The topological polar surface area (TPSA) is 83.5 Å². The lowest BCUT2D eigenvalue weighted by Gasteiger charge is -2.03. The molecule has 1 aromatic heterocycles. The molecule has 2 N–H and O–H groups in total. The van der Waals surface area contributed by atoms with Crippen molar-refractivity contribution < 1.29 is 14.0 Å². The van der Waals surface area contributed by atoms with Crippen LogP contribution >= 0.6 is 0 Å². The van der Waals surface area contributed by atoms with Crippen LogP contribution < -0.4 is 10.7 Å². The van der Waals surface area contributed by atoms with Crippen molar-refractivity contribution in [2.24, 2.45) is 5.10 Å². The first kappa shape index (κ1) is 14.3. The number of hydrogen-bond donors (Lipinski definition) is 2. The molecule has 0 atom stereocenters. The summed E-state index contributed by atoms with van der Waals surface area (Å²) in [5.74, 6) is -2.27. The molecule has 7 heteroatoms. The molecule has 2 aromatic rings. The van der Waals surface area contributed by atoms with Crippen LogP contribution in [0.1, 0.15) is 5.69 Å². The lowest BCUT2D eigenvalue weighted by molar-refractivity contribution is -0.136. The Labute approximate surface area is 119 Å². The average molecular weight is 286 g/mol. The number of halogens is 1. The van der Waals surface area contributed by atoms with Crippen LogP contribution in [0.2, 0.25) is 0 Å². The van der Waals surface area contributed by atoms with Gasteiger partial charge in [0.25, 0.3) is 0 Å². The Hall–Kier alpha value is -3.09. The fraction of sp³-hybridized carbons (Fsp3) is 0. The Balaban J connectivity index is 1.87. The Kier molecular flexibility index (Phi) is 4.70. The number of amides is 2. The maximum absolute atomic E-state index is 12.7. The van der Waals surface area contributed by atoms with Crippen molar-refractivity contribution in [2.75, 3.05) is 5.32 Å². The summed E-state index contributed by atoms with van der Waals surface area (Å²) in [4.78, 5) is 27.0. The zero-order valence-corrected chi connectivity index (χ0v) is 10.8. The number of anilines is 1. The molecule has 2 amide bonds. The van der Waals surface area contributed by atoms with E-state index in [1.165, 1.54) is 30.5 Å². The van der Waals surface area contributed by atoms with Gasteiger partial charge < -0.3 is 5.32 Å². The number of carbonyl (C=O) groups is 2. The number of nitrogens with one attached hydrogen (secondary N) is 2. The molecule has 0 saturated heterocycles. The summed E-state index contributed by atoms with van der Waals surface area (Å²) in [6.07, 6.45) is 2.88. The normalized spacial score (nSPS) is 10.3. The largest absolute Gasteiger partial charge is 0.329 e. The van der Waals surface area contributed by atoms with E-state index in [-0.39, 0.29) is 0 Å². The van der Waals surface area contributed by atoms with Crippen molar-refractivity contribution in [2.45, 2.75) is 0 Å². The van der Waals surface area contributed by atoms with Gasteiger partial charge in [0.15, 0.2) is 0 Å². The molecule has 0 aliphatic rings. The van der Waals surface area contributed by atoms with Crippen molar-refractivity contribution in [3.05, 3.63) is 60.2 Å². The third kappa shape index (κ3) is 4.50. The average Bonchev–Trinajstić information content (AvgIpc) is 2.50. The van der Waals surface area contributed by atoms with Crippen LogP contribution in [-0.2, 0) is 9.59 Å². The number of aromatic nitrogens is 1. The van der Waals surface area contributed by atoms with Gasteiger partial charge in [-0.05, 0) is 36.4 Å². The summed E-state index contributed by atoms with van der Waals surface area (Å²) in [6.45, 7) is 0. The second kappa shape index (κ2) is 6.90.